The molecule has 0 saturated carbocycles. The third kappa shape index (κ3) is 3.72. The Morgan fingerprint density at radius 1 is 1.23 bits per heavy atom. The van der Waals surface area contributed by atoms with Crippen LogP contribution in [0, 0.1) is 5.82 Å². The monoisotopic (exact) mass is 380 g/mol. The van der Waals surface area contributed by atoms with Gasteiger partial charge in [-0.3, -0.25) is 4.57 Å². The first-order valence-corrected chi connectivity index (χ1v) is 7.88. The maximum Gasteiger partial charge on any atom is 0.331 e. The second-order valence-corrected chi connectivity index (χ2v) is 5.65. The zero-order valence-corrected chi connectivity index (χ0v) is 14.0. The van der Waals surface area contributed by atoms with Gasteiger partial charge in [-0.1, -0.05) is 29.8 Å². The Morgan fingerprint density at radius 3 is 2.73 bits per heavy atom. The van der Waals surface area contributed by atoms with Crippen molar-refractivity contribution in [2.24, 2.45) is 0 Å². The van der Waals surface area contributed by atoms with E-state index in [1.807, 2.05) is 0 Å². The Labute approximate surface area is 151 Å². The van der Waals surface area contributed by atoms with Gasteiger partial charge in [0.2, 0.25) is 0 Å². The van der Waals surface area contributed by atoms with E-state index in [0.717, 1.165) is 12.2 Å². The lowest BCUT2D eigenvalue weighted by molar-refractivity contribution is -0.139. The fraction of sp³-hybridized carbons (Fsp3) is 0.111. The summed E-state index contributed by atoms with van der Waals surface area (Å²) in [6, 6.07) is 10.5. The fourth-order valence-electron chi connectivity index (χ4n) is 2.42. The summed E-state index contributed by atoms with van der Waals surface area (Å²) in [6.07, 6.45) is 2.13. The summed E-state index contributed by atoms with van der Waals surface area (Å²) in [4.78, 5) is 15.9. The molecule has 0 unspecified atom stereocenters. The van der Waals surface area contributed by atoms with Crippen LogP contribution in [-0.2, 0) is 16.1 Å². The molecule has 134 valence electrons. The van der Waals surface area contributed by atoms with Gasteiger partial charge in [0.05, 0.1) is 16.1 Å². The highest BCUT2D eigenvalue weighted by molar-refractivity contribution is 6.32. The molecule has 1 aromatic heterocycles. The molecule has 3 aromatic rings. The van der Waals surface area contributed by atoms with Gasteiger partial charge in [-0.15, -0.1) is 0 Å². The Bertz CT molecular complexity index is 965. The van der Waals surface area contributed by atoms with Crippen LogP contribution in [0.15, 0.2) is 48.5 Å². The molecule has 0 amide bonds. The topological polar surface area (TPSA) is 44.1 Å². The van der Waals surface area contributed by atoms with E-state index in [9.17, 15) is 18.0 Å². The number of benzene rings is 2. The van der Waals surface area contributed by atoms with Gasteiger partial charge in [0.1, 0.15) is 12.4 Å². The minimum Gasteiger partial charge on any atom is -0.454 e. The van der Waals surface area contributed by atoms with Gasteiger partial charge in [0.15, 0.2) is 5.82 Å². The number of halogens is 4. The molecule has 0 radical (unpaired) electrons. The van der Waals surface area contributed by atoms with Gasteiger partial charge in [-0.05, 0) is 30.3 Å². The van der Waals surface area contributed by atoms with Gasteiger partial charge < -0.3 is 4.74 Å². The first-order valence-electron chi connectivity index (χ1n) is 7.50. The molecule has 3 rings (SSSR count). The van der Waals surface area contributed by atoms with Crippen LogP contribution in [0.1, 0.15) is 17.9 Å². The van der Waals surface area contributed by atoms with E-state index in [4.69, 9.17) is 16.3 Å². The molecule has 0 bridgehead atoms. The Morgan fingerprint density at radius 2 is 2.00 bits per heavy atom. The van der Waals surface area contributed by atoms with Crippen molar-refractivity contribution in [2.75, 3.05) is 0 Å². The number of fused-ring (bicyclic) bond motifs is 1. The minimum absolute atomic E-state index is 0.0333. The van der Waals surface area contributed by atoms with Crippen molar-refractivity contribution in [1.29, 1.82) is 0 Å². The predicted octanol–water partition coefficient (Wildman–Crippen LogP) is 4.98. The first kappa shape index (κ1) is 18.0. The second-order valence-electron chi connectivity index (χ2n) is 5.24. The van der Waals surface area contributed by atoms with Crippen molar-refractivity contribution in [3.05, 3.63) is 70.8 Å². The Kier molecular flexibility index (Phi) is 5.27. The van der Waals surface area contributed by atoms with Crippen LogP contribution in [0.25, 0.3) is 17.1 Å². The normalized spacial score (nSPS) is 11.6. The predicted molar refractivity (Wildman–Crippen MR) is 91.2 cm³/mol. The number of aromatic nitrogens is 2. The van der Waals surface area contributed by atoms with Crippen LogP contribution < -0.4 is 0 Å². The fourth-order valence-corrected chi connectivity index (χ4v) is 2.65. The lowest BCUT2D eigenvalue weighted by Gasteiger charge is -2.07. The number of hydrogen-bond acceptors (Lipinski definition) is 3. The summed E-state index contributed by atoms with van der Waals surface area (Å²) in [6.45, 7) is -3.28. The van der Waals surface area contributed by atoms with E-state index in [-0.39, 0.29) is 21.9 Å². The van der Waals surface area contributed by atoms with Crippen molar-refractivity contribution in [3.8, 4) is 0 Å². The number of imidazole rings is 1. The van der Waals surface area contributed by atoms with Crippen LogP contribution >= 0.6 is 11.6 Å². The quantitative estimate of drug-likeness (QED) is 0.463. The molecular formula is C18H12ClF3N2O2. The number of alkyl halides is 2. The lowest BCUT2D eigenvalue weighted by atomic mass is 10.2. The molecule has 2 aromatic carbocycles. The molecule has 8 heteroatoms. The molecule has 0 aliphatic heterocycles. The number of esters is 1. The van der Waals surface area contributed by atoms with Crippen LogP contribution in [0.3, 0.4) is 0 Å². The average Bonchev–Trinajstić information content (AvgIpc) is 2.98. The highest BCUT2D eigenvalue weighted by Crippen LogP contribution is 2.24. The van der Waals surface area contributed by atoms with Gasteiger partial charge in [-0.25, -0.2) is 14.2 Å². The number of carbonyl (C=O) groups excluding carboxylic acids is 1. The first-order chi connectivity index (χ1) is 12.5. The number of ether oxygens (including phenoxy) is 1. The minimum atomic E-state index is -2.83. The summed E-state index contributed by atoms with van der Waals surface area (Å²) >= 11 is 5.85. The largest absolute Gasteiger partial charge is 0.454 e. The van der Waals surface area contributed by atoms with Crippen molar-refractivity contribution in [1.82, 2.24) is 9.55 Å². The Balaban J connectivity index is 1.75. The van der Waals surface area contributed by atoms with E-state index in [2.05, 4.69) is 4.98 Å². The summed E-state index contributed by atoms with van der Waals surface area (Å²) in [5.74, 6) is -1.52. The van der Waals surface area contributed by atoms with Gasteiger partial charge in [0.25, 0.3) is 0 Å². The molecule has 0 fully saturated rings. The number of rotatable bonds is 5. The van der Waals surface area contributed by atoms with E-state index in [1.54, 1.807) is 18.2 Å². The smallest absolute Gasteiger partial charge is 0.331 e. The van der Waals surface area contributed by atoms with Gasteiger partial charge >= 0.3 is 12.5 Å². The summed E-state index contributed by atoms with van der Waals surface area (Å²) < 4.78 is 45.8. The third-order valence-corrected chi connectivity index (χ3v) is 3.92. The highest BCUT2D eigenvalue weighted by Gasteiger charge is 2.18. The van der Waals surface area contributed by atoms with Crippen LogP contribution in [0.2, 0.25) is 5.02 Å². The Hall–Kier alpha value is -2.80. The summed E-state index contributed by atoms with van der Waals surface area (Å²) in [5, 5.41) is 0.133. The SMILES string of the molecule is O=C(/C=C/c1c(F)cccc1Cl)OCc1nc2ccccc2n1C(F)F. The summed E-state index contributed by atoms with van der Waals surface area (Å²) in [5.41, 5.74) is 0.640. The molecule has 1 heterocycles. The average molecular weight is 381 g/mol. The van der Waals surface area contributed by atoms with Crippen molar-refractivity contribution < 1.29 is 22.7 Å². The van der Waals surface area contributed by atoms with Crippen LogP contribution in [0.5, 0.6) is 0 Å². The highest BCUT2D eigenvalue weighted by atomic mass is 35.5. The van der Waals surface area contributed by atoms with E-state index in [1.165, 1.54) is 24.3 Å². The molecule has 4 nitrogen and oxygen atoms in total. The van der Waals surface area contributed by atoms with Crippen molar-refractivity contribution in [3.63, 3.8) is 0 Å². The second kappa shape index (κ2) is 7.61. The molecule has 0 aliphatic carbocycles. The lowest BCUT2D eigenvalue weighted by Crippen LogP contribution is -2.09. The van der Waals surface area contributed by atoms with Gasteiger partial charge in [-0.2, -0.15) is 8.78 Å². The molecule has 26 heavy (non-hydrogen) atoms. The van der Waals surface area contributed by atoms with E-state index >= 15 is 0 Å². The third-order valence-electron chi connectivity index (χ3n) is 3.59. The molecule has 0 spiro atoms. The van der Waals surface area contributed by atoms with E-state index < -0.39 is 24.9 Å². The standard InChI is InChI=1S/C18H12ClF3N2O2/c19-12-4-3-5-13(20)11(12)8-9-17(25)26-10-16-23-14-6-1-2-7-15(14)24(16)18(21)22/h1-9,18H,10H2/b9-8+. The molecular weight excluding hydrogens is 369 g/mol. The maximum atomic E-state index is 13.6. The summed E-state index contributed by atoms with van der Waals surface area (Å²) in [7, 11) is 0. The number of carbonyl (C=O) groups is 1. The molecule has 0 aliphatic rings. The van der Waals surface area contributed by atoms with Crippen LogP contribution in [-0.4, -0.2) is 15.5 Å². The molecule has 0 atom stereocenters. The maximum absolute atomic E-state index is 13.6. The number of para-hydroxylation sites is 2. The van der Waals surface area contributed by atoms with Crippen LogP contribution in [0.4, 0.5) is 13.2 Å². The van der Waals surface area contributed by atoms with E-state index in [0.29, 0.717) is 10.1 Å². The molecule has 0 saturated heterocycles. The number of hydrogen-bond donors (Lipinski definition) is 0. The number of nitrogens with zero attached hydrogens (tertiary/aromatic N) is 2. The zero-order chi connectivity index (χ0) is 18.7. The molecule has 0 N–H and O–H groups in total. The van der Waals surface area contributed by atoms with Crippen molar-refractivity contribution >= 4 is 34.7 Å². The zero-order valence-electron chi connectivity index (χ0n) is 13.2. The van der Waals surface area contributed by atoms with Gasteiger partial charge in [0, 0.05) is 11.6 Å². The van der Waals surface area contributed by atoms with Crippen molar-refractivity contribution in [2.45, 2.75) is 13.2 Å².